The molecule has 0 saturated carbocycles. The molecule has 4 amide bonds. The molecule has 3 aromatic carbocycles. The number of carbonyl (C=O) groups is 3. The molecule has 1 fully saturated rings. The predicted molar refractivity (Wildman–Crippen MR) is 129 cm³/mol. The summed E-state index contributed by atoms with van der Waals surface area (Å²) in [7, 11) is 0. The summed E-state index contributed by atoms with van der Waals surface area (Å²) in [5, 5.41) is 5.59. The SMILES string of the molecule is C[C@@H](NC(=O)CN1C(=O)N[C@@](C)(c2ccc3c(c2)OCO3)C1=O)c1ccc(-c2ccccc2)cc1. The zero-order chi connectivity index (χ0) is 24.6. The van der Waals surface area contributed by atoms with E-state index < -0.39 is 23.4 Å². The molecule has 0 aliphatic carbocycles. The molecule has 0 bridgehead atoms. The van der Waals surface area contributed by atoms with Gasteiger partial charge in [0.05, 0.1) is 6.04 Å². The molecule has 5 rings (SSSR count). The molecule has 3 aromatic rings. The van der Waals surface area contributed by atoms with Crippen molar-refractivity contribution in [3.63, 3.8) is 0 Å². The largest absolute Gasteiger partial charge is 0.454 e. The normalized spacial score (nSPS) is 19.4. The van der Waals surface area contributed by atoms with Crippen molar-refractivity contribution in [2.45, 2.75) is 25.4 Å². The van der Waals surface area contributed by atoms with Crippen LogP contribution < -0.4 is 20.1 Å². The smallest absolute Gasteiger partial charge is 0.325 e. The highest BCUT2D eigenvalue weighted by molar-refractivity contribution is 6.09. The molecule has 1 saturated heterocycles. The first-order valence-corrected chi connectivity index (χ1v) is 11.3. The van der Waals surface area contributed by atoms with Gasteiger partial charge in [-0.1, -0.05) is 60.7 Å². The van der Waals surface area contributed by atoms with Crippen molar-refractivity contribution in [3.05, 3.63) is 83.9 Å². The summed E-state index contributed by atoms with van der Waals surface area (Å²) >= 11 is 0. The molecule has 2 aliphatic rings. The van der Waals surface area contributed by atoms with Gasteiger partial charge in [-0.25, -0.2) is 4.79 Å². The Morgan fingerprint density at radius 2 is 1.69 bits per heavy atom. The Morgan fingerprint density at radius 3 is 2.43 bits per heavy atom. The number of amides is 4. The molecule has 178 valence electrons. The van der Waals surface area contributed by atoms with E-state index in [9.17, 15) is 14.4 Å². The van der Waals surface area contributed by atoms with E-state index in [4.69, 9.17) is 9.47 Å². The Kier molecular flexibility index (Phi) is 5.64. The van der Waals surface area contributed by atoms with Gasteiger partial charge in [-0.15, -0.1) is 0 Å². The highest BCUT2D eigenvalue weighted by Crippen LogP contribution is 2.37. The Hall–Kier alpha value is -4.33. The van der Waals surface area contributed by atoms with Gasteiger partial charge in [0.1, 0.15) is 12.1 Å². The van der Waals surface area contributed by atoms with Crippen LogP contribution in [-0.4, -0.2) is 36.1 Å². The number of fused-ring (bicyclic) bond motifs is 1. The molecule has 8 heteroatoms. The van der Waals surface area contributed by atoms with Crippen molar-refractivity contribution in [3.8, 4) is 22.6 Å². The first-order chi connectivity index (χ1) is 16.8. The van der Waals surface area contributed by atoms with Crippen LogP contribution in [0.15, 0.2) is 72.8 Å². The van der Waals surface area contributed by atoms with Gasteiger partial charge < -0.3 is 20.1 Å². The maximum absolute atomic E-state index is 13.2. The lowest BCUT2D eigenvalue weighted by Crippen LogP contribution is -2.43. The second kappa shape index (κ2) is 8.79. The average molecular weight is 472 g/mol. The summed E-state index contributed by atoms with van der Waals surface area (Å²) in [6, 6.07) is 22.1. The fourth-order valence-corrected chi connectivity index (χ4v) is 4.35. The number of hydrogen-bond acceptors (Lipinski definition) is 5. The van der Waals surface area contributed by atoms with Crippen LogP contribution in [0.25, 0.3) is 11.1 Å². The summed E-state index contributed by atoms with van der Waals surface area (Å²) in [5.41, 5.74) is 2.35. The van der Waals surface area contributed by atoms with Gasteiger partial charge in [-0.05, 0) is 48.2 Å². The minimum absolute atomic E-state index is 0.106. The minimum Gasteiger partial charge on any atom is -0.454 e. The standard InChI is InChI=1S/C27H25N3O5/c1-17(18-8-10-20(11-9-18)19-6-4-3-5-7-19)28-24(31)15-30-25(32)27(2,29-26(30)33)21-12-13-22-23(14-21)35-16-34-22/h3-14,17H,15-16H2,1-2H3,(H,28,31)(H,29,33)/t17-,27+/m1/s1. The van der Waals surface area contributed by atoms with E-state index in [1.165, 1.54) is 0 Å². The lowest BCUT2D eigenvalue weighted by molar-refractivity contribution is -0.135. The maximum Gasteiger partial charge on any atom is 0.325 e. The van der Waals surface area contributed by atoms with Crippen LogP contribution in [0.4, 0.5) is 4.79 Å². The number of ether oxygens (including phenoxy) is 2. The number of urea groups is 1. The second-order valence-electron chi connectivity index (χ2n) is 8.79. The third-order valence-corrected chi connectivity index (χ3v) is 6.42. The van der Waals surface area contributed by atoms with Gasteiger partial charge in [0.25, 0.3) is 5.91 Å². The molecule has 8 nitrogen and oxygen atoms in total. The van der Waals surface area contributed by atoms with Crippen LogP contribution >= 0.6 is 0 Å². The lowest BCUT2D eigenvalue weighted by atomic mass is 9.91. The number of hydrogen-bond donors (Lipinski definition) is 2. The number of rotatable bonds is 6. The van der Waals surface area contributed by atoms with Crippen LogP contribution in [0, 0.1) is 0 Å². The van der Waals surface area contributed by atoms with Gasteiger partial charge >= 0.3 is 6.03 Å². The number of carbonyl (C=O) groups excluding carboxylic acids is 3. The molecule has 2 aliphatic heterocycles. The third kappa shape index (κ3) is 4.19. The molecule has 2 atom stereocenters. The Morgan fingerprint density at radius 1 is 1.00 bits per heavy atom. The van der Waals surface area contributed by atoms with E-state index in [-0.39, 0.29) is 19.4 Å². The quantitative estimate of drug-likeness (QED) is 0.534. The van der Waals surface area contributed by atoms with Crippen molar-refractivity contribution in [2.24, 2.45) is 0 Å². The molecule has 0 radical (unpaired) electrons. The monoisotopic (exact) mass is 471 g/mol. The molecule has 0 unspecified atom stereocenters. The highest BCUT2D eigenvalue weighted by Gasteiger charge is 2.50. The van der Waals surface area contributed by atoms with E-state index in [0.717, 1.165) is 21.6 Å². The van der Waals surface area contributed by atoms with Crippen LogP contribution in [-0.2, 0) is 15.1 Å². The van der Waals surface area contributed by atoms with Crippen molar-refractivity contribution in [1.29, 1.82) is 0 Å². The summed E-state index contributed by atoms with van der Waals surface area (Å²) in [6.45, 7) is 3.20. The second-order valence-corrected chi connectivity index (χ2v) is 8.79. The first kappa shape index (κ1) is 22.5. The number of nitrogens with zero attached hydrogens (tertiary/aromatic N) is 1. The van der Waals surface area contributed by atoms with E-state index >= 15 is 0 Å². The first-order valence-electron chi connectivity index (χ1n) is 11.3. The van der Waals surface area contributed by atoms with Gasteiger partial charge in [0.2, 0.25) is 12.7 Å². The van der Waals surface area contributed by atoms with E-state index in [1.807, 2.05) is 61.5 Å². The lowest BCUT2D eigenvalue weighted by Gasteiger charge is -2.22. The fraction of sp³-hybridized carbons (Fsp3) is 0.222. The Balaban J connectivity index is 1.24. The van der Waals surface area contributed by atoms with Crippen LogP contribution in [0.3, 0.4) is 0 Å². The summed E-state index contributed by atoms with van der Waals surface area (Å²) in [5.74, 6) is 0.157. The zero-order valence-corrected chi connectivity index (χ0v) is 19.4. The zero-order valence-electron chi connectivity index (χ0n) is 19.4. The van der Waals surface area contributed by atoms with Crippen molar-refractivity contribution in [1.82, 2.24) is 15.5 Å². The highest BCUT2D eigenvalue weighted by atomic mass is 16.7. The van der Waals surface area contributed by atoms with Crippen molar-refractivity contribution >= 4 is 17.8 Å². The average Bonchev–Trinajstić information content (AvgIpc) is 3.43. The van der Waals surface area contributed by atoms with Gasteiger partial charge in [-0.3, -0.25) is 14.5 Å². The molecular formula is C27H25N3O5. The van der Waals surface area contributed by atoms with E-state index in [1.54, 1.807) is 25.1 Å². The molecule has 0 spiro atoms. The van der Waals surface area contributed by atoms with Gasteiger partial charge in [0, 0.05) is 0 Å². The summed E-state index contributed by atoms with van der Waals surface area (Å²) < 4.78 is 10.7. The molecule has 0 aromatic heterocycles. The number of imide groups is 1. The maximum atomic E-state index is 13.2. The molecule has 35 heavy (non-hydrogen) atoms. The summed E-state index contributed by atoms with van der Waals surface area (Å²) in [6.07, 6.45) is 0. The Bertz CT molecular complexity index is 1290. The topological polar surface area (TPSA) is 97.0 Å². The minimum atomic E-state index is -1.31. The molecule has 2 heterocycles. The van der Waals surface area contributed by atoms with Crippen LogP contribution in [0.1, 0.15) is 31.0 Å². The Labute approximate surface area is 202 Å². The van der Waals surface area contributed by atoms with Crippen molar-refractivity contribution < 1.29 is 23.9 Å². The van der Waals surface area contributed by atoms with Crippen LogP contribution in [0.5, 0.6) is 11.5 Å². The molecule has 2 N–H and O–H groups in total. The van der Waals surface area contributed by atoms with Gasteiger partial charge in [-0.2, -0.15) is 0 Å². The fourth-order valence-electron chi connectivity index (χ4n) is 4.35. The summed E-state index contributed by atoms with van der Waals surface area (Å²) in [4.78, 5) is 39.5. The predicted octanol–water partition coefficient (Wildman–Crippen LogP) is 3.73. The van der Waals surface area contributed by atoms with Crippen LogP contribution in [0.2, 0.25) is 0 Å². The number of benzene rings is 3. The van der Waals surface area contributed by atoms with Crippen molar-refractivity contribution in [2.75, 3.05) is 13.3 Å². The van der Waals surface area contributed by atoms with E-state index in [0.29, 0.717) is 17.1 Å². The molecular weight excluding hydrogens is 446 g/mol. The van der Waals surface area contributed by atoms with E-state index in [2.05, 4.69) is 10.6 Å². The third-order valence-electron chi connectivity index (χ3n) is 6.42. The number of nitrogens with one attached hydrogen (secondary N) is 2. The van der Waals surface area contributed by atoms with Gasteiger partial charge in [0.15, 0.2) is 11.5 Å².